The molecule has 1 fully saturated rings. The van der Waals surface area contributed by atoms with Crippen LogP contribution >= 0.6 is 15.9 Å². The van der Waals surface area contributed by atoms with Crippen molar-refractivity contribution in [3.63, 3.8) is 0 Å². The zero-order valence-electron chi connectivity index (χ0n) is 7.54. The molecular weight excluding hydrogens is 226 g/mol. The van der Waals surface area contributed by atoms with E-state index in [1.165, 1.54) is 12.0 Å². The molecule has 1 aromatic carbocycles. The Morgan fingerprint density at radius 1 is 1.31 bits per heavy atom. The van der Waals surface area contributed by atoms with Crippen LogP contribution in [0.15, 0.2) is 30.3 Å². The molecule has 1 heterocycles. The molecule has 2 atom stereocenters. The van der Waals surface area contributed by atoms with E-state index in [-0.39, 0.29) is 0 Å². The van der Waals surface area contributed by atoms with E-state index in [1.54, 1.807) is 0 Å². The highest BCUT2D eigenvalue weighted by molar-refractivity contribution is 9.09. The summed E-state index contributed by atoms with van der Waals surface area (Å²) in [4.78, 5) is 0. The van der Waals surface area contributed by atoms with Crippen LogP contribution in [-0.2, 0) is 0 Å². The van der Waals surface area contributed by atoms with Crippen molar-refractivity contribution in [1.82, 2.24) is 5.32 Å². The van der Waals surface area contributed by atoms with Crippen LogP contribution in [0.5, 0.6) is 0 Å². The fraction of sp³-hybridized carbons (Fsp3) is 0.455. The number of alkyl halides is 1. The molecule has 1 aromatic rings. The lowest BCUT2D eigenvalue weighted by atomic mass is 9.97. The second-order valence-corrected chi connectivity index (χ2v) is 4.25. The second-order valence-electron chi connectivity index (χ2n) is 3.60. The molecule has 0 saturated carbocycles. The van der Waals surface area contributed by atoms with Gasteiger partial charge in [-0.3, -0.25) is 0 Å². The summed E-state index contributed by atoms with van der Waals surface area (Å²) in [6, 6.07) is 11.4. The highest BCUT2D eigenvalue weighted by Crippen LogP contribution is 2.25. The molecule has 1 N–H and O–H groups in total. The predicted octanol–water partition coefficient (Wildman–Crippen LogP) is 2.53. The summed E-state index contributed by atoms with van der Waals surface area (Å²) >= 11 is 3.51. The maximum atomic E-state index is 3.51. The van der Waals surface area contributed by atoms with E-state index >= 15 is 0 Å². The Balaban J connectivity index is 2.04. The van der Waals surface area contributed by atoms with Crippen molar-refractivity contribution in [3.05, 3.63) is 35.9 Å². The SMILES string of the molecule is BrC[C@@H]1C[C@H](c2ccccc2)CN1. The first-order valence-electron chi connectivity index (χ1n) is 4.74. The molecule has 13 heavy (non-hydrogen) atoms. The topological polar surface area (TPSA) is 12.0 Å². The molecule has 1 aliphatic heterocycles. The zero-order valence-corrected chi connectivity index (χ0v) is 9.13. The minimum absolute atomic E-state index is 0.658. The standard InChI is InChI=1S/C11H14BrN/c12-7-11-6-10(8-13-11)9-4-2-1-3-5-9/h1-5,10-11,13H,6-8H2/t10-,11-/m0/s1. The van der Waals surface area contributed by atoms with Crippen LogP contribution in [0.1, 0.15) is 17.9 Å². The van der Waals surface area contributed by atoms with Gasteiger partial charge in [0.1, 0.15) is 0 Å². The lowest BCUT2D eigenvalue weighted by molar-refractivity contribution is 0.672. The van der Waals surface area contributed by atoms with E-state index in [9.17, 15) is 0 Å². The van der Waals surface area contributed by atoms with Crippen molar-refractivity contribution >= 4 is 15.9 Å². The summed E-state index contributed by atoms with van der Waals surface area (Å²) in [6.45, 7) is 1.13. The van der Waals surface area contributed by atoms with Crippen molar-refractivity contribution in [1.29, 1.82) is 0 Å². The largest absolute Gasteiger partial charge is 0.313 e. The quantitative estimate of drug-likeness (QED) is 0.783. The van der Waals surface area contributed by atoms with Gasteiger partial charge >= 0.3 is 0 Å². The molecule has 1 saturated heterocycles. The highest BCUT2D eigenvalue weighted by Gasteiger charge is 2.23. The first kappa shape index (κ1) is 9.22. The molecule has 0 bridgehead atoms. The average molecular weight is 240 g/mol. The Hall–Kier alpha value is -0.340. The van der Waals surface area contributed by atoms with Crippen LogP contribution in [0.4, 0.5) is 0 Å². The van der Waals surface area contributed by atoms with Crippen LogP contribution < -0.4 is 5.32 Å². The van der Waals surface area contributed by atoms with Gasteiger partial charge in [-0.2, -0.15) is 0 Å². The molecule has 0 aromatic heterocycles. The third-order valence-electron chi connectivity index (χ3n) is 2.68. The van der Waals surface area contributed by atoms with Gasteiger partial charge in [-0.15, -0.1) is 0 Å². The molecule has 0 spiro atoms. The second kappa shape index (κ2) is 4.25. The molecule has 0 aliphatic carbocycles. The normalized spacial score (nSPS) is 27.8. The smallest absolute Gasteiger partial charge is 0.0186 e. The van der Waals surface area contributed by atoms with Gasteiger partial charge in [0, 0.05) is 17.9 Å². The van der Waals surface area contributed by atoms with Gasteiger partial charge < -0.3 is 5.32 Å². The molecule has 0 amide bonds. The summed E-state index contributed by atoms with van der Waals surface area (Å²) in [7, 11) is 0. The van der Waals surface area contributed by atoms with Crippen LogP contribution in [0.25, 0.3) is 0 Å². The number of benzene rings is 1. The van der Waals surface area contributed by atoms with Crippen LogP contribution in [-0.4, -0.2) is 17.9 Å². The Morgan fingerprint density at radius 2 is 2.08 bits per heavy atom. The minimum atomic E-state index is 0.658. The third-order valence-corrected chi connectivity index (χ3v) is 3.46. The summed E-state index contributed by atoms with van der Waals surface area (Å²) < 4.78 is 0. The summed E-state index contributed by atoms with van der Waals surface area (Å²) in [5.41, 5.74) is 1.47. The van der Waals surface area contributed by atoms with Crippen molar-refractivity contribution in [2.24, 2.45) is 0 Å². The Bertz CT molecular complexity index is 260. The van der Waals surface area contributed by atoms with Gasteiger partial charge in [-0.1, -0.05) is 46.3 Å². The van der Waals surface area contributed by atoms with E-state index in [0.717, 1.165) is 11.9 Å². The van der Waals surface area contributed by atoms with E-state index in [0.29, 0.717) is 12.0 Å². The van der Waals surface area contributed by atoms with E-state index in [1.807, 2.05) is 0 Å². The first-order valence-corrected chi connectivity index (χ1v) is 5.86. The van der Waals surface area contributed by atoms with E-state index in [4.69, 9.17) is 0 Å². The number of halogens is 1. The molecule has 0 radical (unpaired) electrons. The number of hydrogen-bond donors (Lipinski definition) is 1. The number of rotatable bonds is 2. The lowest BCUT2D eigenvalue weighted by Gasteiger charge is -2.08. The van der Waals surface area contributed by atoms with Crippen molar-refractivity contribution in [2.45, 2.75) is 18.4 Å². The van der Waals surface area contributed by atoms with Gasteiger partial charge in [0.25, 0.3) is 0 Å². The Kier molecular flexibility index (Phi) is 3.01. The van der Waals surface area contributed by atoms with Gasteiger partial charge in [-0.05, 0) is 17.9 Å². The fourth-order valence-electron chi connectivity index (χ4n) is 1.92. The Morgan fingerprint density at radius 3 is 2.69 bits per heavy atom. The monoisotopic (exact) mass is 239 g/mol. The van der Waals surface area contributed by atoms with Crippen LogP contribution in [0.2, 0.25) is 0 Å². The number of hydrogen-bond acceptors (Lipinski definition) is 1. The fourth-order valence-corrected chi connectivity index (χ4v) is 2.41. The van der Waals surface area contributed by atoms with Crippen LogP contribution in [0, 0.1) is 0 Å². The summed E-state index contributed by atoms with van der Waals surface area (Å²) in [5, 5.41) is 4.57. The number of nitrogens with one attached hydrogen (secondary N) is 1. The zero-order chi connectivity index (χ0) is 9.10. The molecule has 0 unspecified atom stereocenters. The van der Waals surface area contributed by atoms with Crippen molar-refractivity contribution in [3.8, 4) is 0 Å². The molecule has 70 valence electrons. The summed E-state index contributed by atoms with van der Waals surface area (Å²) in [5.74, 6) is 0.712. The van der Waals surface area contributed by atoms with Gasteiger partial charge in [0.2, 0.25) is 0 Å². The van der Waals surface area contributed by atoms with Crippen LogP contribution in [0.3, 0.4) is 0 Å². The van der Waals surface area contributed by atoms with Crippen molar-refractivity contribution < 1.29 is 0 Å². The molecule has 2 heteroatoms. The van der Waals surface area contributed by atoms with Gasteiger partial charge in [0.05, 0.1) is 0 Å². The summed E-state index contributed by atoms with van der Waals surface area (Å²) in [6.07, 6.45) is 1.26. The molecule has 2 rings (SSSR count). The van der Waals surface area contributed by atoms with Crippen molar-refractivity contribution in [2.75, 3.05) is 11.9 Å². The lowest BCUT2D eigenvalue weighted by Crippen LogP contribution is -2.22. The average Bonchev–Trinajstić information content (AvgIpc) is 2.67. The molecule has 1 aliphatic rings. The van der Waals surface area contributed by atoms with E-state index in [2.05, 4.69) is 51.6 Å². The predicted molar refractivity (Wildman–Crippen MR) is 59.4 cm³/mol. The van der Waals surface area contributed by atoms with Gasteiger partial charge in [0.15, 0.2) is 0 Å². The minimum Gasteiger partial charge on any atom is -0.313 e. The molecule has 1 nitrogen and oxygen atoms in total. The van der Waals surface area contributed by atoms with E-state index < -0.39 is 0 Å². The maximum absolute atomic E-state index is 3.51. The Labute approximate surface area is 87.7 Å². The van der Waals surface area contributed by atoms with Gasteiger partial charge in [-0.25, -0.2) is 0 Å². The first-order chi connectivity index (χ1) is 6.40. The third kappa shape index (κ3) is 2.12. The highest BCUT2D eigenvalue weighted by atomic mass is 79.9. The molecular formula is C11H14BrN. The maximum Gasteiger partial charge on any atom is 0.0186 e.